The number of amides is 1. The van der Waals surface area contributed by atoms with E-state index in [1.807, 2.05) is 12.1 Å². The molecule has 1 heterocycles. The number of benzene rings is 2. The molecule has 0 spiro atoms. The van der Waals surface area contributed by atoms with E-state index in [4.69, 9.17) is 16.3 Å². The molecule has 144 valence electrons. The van der Waals surface area contributed by atoms with Crippen molar-refractivity contribution in [3.05, 3.63) is 75.0 Å². The Labute approximate surface area is 174 Å². The third-order valence-electron chi connectivity index (χ3n) is 3.78. The van der Waals surface area contributed by atoms with Gasteiger partial charge in [0.2, 0.25) is 0 Å². The van der Waals surface area contributed by atoms with Crippen molar-refractivity contribution in [2.24, 2.45) is 5.10 Å². The molecule has 0 radical (unpaired) electrons. The van der Waals surface area contributed by atoms with Crippen LogP contribution in [-0.2, 0) is 6.54 Å². The van der Waals surface area contributed by atoms with Crippen molar-refractivity contribution < 1.29 is 14.6 Å². The zero-order valence-corrected chi connectivity index (χ0v) is 17.1. The minimum atomic E-state index is -0.434. The van der Waals surface area contributed by atoms with Crippen LogP contribution >= 0.6 is 27.5 Å². The van der Waals surface area contributed by atoms with E-state index in [9.17, 15) is 9.90 Å². The maximum atomic E-state index is 12.2. The monoisotopic (exact) mass is 462 g/mol. The van der Waals surface area contributed by atoms with Gasteiger partial charge in [-0.3, -0.25) is 9.48 Å². The Kier molecular flexibility index (Phi) is 6.33. The molecule has 1 amide bonds. The lowest BCUT2D eigenvalue weighted by atomic mass is 10.2. The molecule has 3 aromatic rings. The first-order chi connectivity index (χ1) is 13.5. The minimum Gasteiger partial charge on any atom is -0.503 e. The van der Waals surface area contributed by atoms with E-state index in [1.54, 1.807) is 41.2 Å². The molecule has 7 nitrogen and oxygen atoms in total. The second kappa shape index (κ2) is 8.90. The molecular weight excluding hydrogens is 448 g/mol. The van der Waals surface area contributed by atoms with Crippen molar-refractivity contribution in [2.75, 3.05) is 7.11 Å². The number of aromatic hydroxyl groups is 1. The van der Waals surface area contributed by atoms with Crippen molar-refractivity contribution in [1.82, 2.24) is 15.2 Å². The molecule has 0 aliphatic heterocycles. The second-order valence-corrected chi connectivity index (χ2v) is 7.07. The number of phenols is 1. The highest BCUT2D eigenvalue weighted by molar-refractivity contribution is 9.10. The summed E-state index contributed by atoms with van der Waals surface area (Å²) in [6, 6.07) is 12.3. The molecule has 0 saturated heterocycles. The van der Waals surface area contributed by atoms with Gasteiger partial charge in [0.05, 0.1) is 24.3 Å². The first kappa shape index (κ1) is 19.9. The summed E-state index contributed by atoms with van der Waals surface area (Å²) < 4.78 is 7.19. The molecule has 3 rings (SSSR count). The number of phenolic OH excluding ortho intramolecular Hbond substituents is 1. The number of hydrazone groups is 1. The quantitative estimate of drug-likeness (QED) is 0.430. The van der Waals surface area contributed by atoms with Crippen molar-refractivity contribution in [2.45, 2.75) is 6.54 Å². The molecule has 0 unspecified atom stereocenters. The summed E-state index contributed by atoms with van der Waals surface area (Å²) in [5.74, 6) is -0.145. The van der Waals surface area contributed by atoms with Gasteiger partial charge in [-0.05, 0) is 57.4 Å². The molecule has 0 atom stereocenters. The molecule has 2 aromatic carbocycles. The van der Waals surface area contributed by atoms with E-state index in [2.05, 4.69) is 31.6 Å². The fourth-order valence-electron chi connectivity index (χ4n) is 2.39. The van der Waals surface area contributed by atoms with Crippen molar-refractivity contribution in [3.63, 3.8) is 0 Å². The van der Waals surface area contributed by atoms with Gasteiger partial charge in [-0.1, -0.05) is 23.7 Å². The average molecular weight is 464 g/mol. The van der Waals surface area contributed by atoms with Crippen molar-refractivity contribution >= 4 is 39.7 Å². The fourth-order valence-corrected chi connectivity index (χ4v) is 2.98. The standard InChI is InChI=1S/C19H16BrClN4O3/c1-28-17-9-13(8-15(20)18(17)26)10-22-23-19(27)16-6-7-25(24-16)11-12-2-4-14(21)5-3-12/h2-10,26H,11H2,1H3,(H,23,27)/b22-10+. The number of methoxy groups -OCH3 is 1. The average Bonchev–Trinajstić information content (AvgIpc) is 3.15. The lowest BCUT2D eigenvalue weighted by molar-refractivity contribution is 0.0949. The number of hydrogen-bond donors (Lipinski definition) is 2. The number of nitrogens with zero attached hydrogens (tertiary/aromatic N) is 3. The van der Waals surface area contributed by atoms with E-state index < -0.39 is 5.91 Å². The summed E-state index contributed by atoms with van der Waals surface area (Å²) in [6.45, 7) is 0.523. The summed E-state index contributed by atoms with van der Waals surface area (Å²) in [7, 11) is 1.45. The van der Waals surface area contributed by atoms with Crippen LogP contribution in [0, 0.1) is 0 Å². The first-order valence-electron chi connectivity index (χ1n) is 8.14. The van der Waals surface area contributed by atoms with Crippen LogP contribution in [0.1, 0.15) is 21.6 Å². The Bertz CT molecular complexity index is 1020. The van der Waals surface area contributed by atoms with Gasteiger partial charge in [0, 0.05) is 11.2 Å². The highest BCUT2D eigenvalue weighted by atomic mass is 79.9. The number of halogens is 2. The Morgan fingerprint density at radius 3 is 2.82 bits per heavy atom. The van der Waals surface area contributed by atoms with Crippen LogP contribution in [0.4, 0.5) is 0 Å². The van der Waals surface area contributed by atoms with Gasteiger partial charge in [-0.15, -0.1) is 0 Å². The van der Waals surface area contributed by atoms with E-state index in [0.29, 0.717) is 27.4 Å². The summed E-state index contributed by atoms with van der Waals surface area (Å²) in [5, 5.41) is 18.6. The Morgan fingerprint density at radius 2 is 2.11 bits per heavy atom. The van der Waals surface area contributed by atoms with E-state index in [0.717, 1.165) is 5.56 Å². The number of carbonyl (C=O) groups excluding carboxylic acids is 1. The topological polar surface area (TPSA) is 88.7 Å². The maximum Gasteiger partial charge on any atom is 0.291 e. The van der Waals surface area contributed by atoms with Crippen LogP contribution in [0.5, 0.6) is 11.5 Å². The predicted octanol–water partition coefficient (Wildman–Crippen LogP) is 3.83. The fraction of sp³-hybridized carbons (Fsp3) is 0.105. The number of hydrogen-bond acceptors (Lipinski definition) is 5. The van der Waals surface area contributed by atoms with Crippen molar-refractivity contribution in [3.8, 4) is 11.5 Å². The minimum absolute atomic E-state index is 0.00471. The number of ether oxygens (including phenoxy) is 1. The highest BCUT2D eigenvalue weighted by Gasteiger charge is 2.10. The van der Waals surface area contributed by atoms with Gasteiger partial charge in [0.25, 0.3) is 5.91 Å². The van der Waals surface area contributed by atoms with Gasteiger partial charge >= 0.3 is 0 Å². The van der Waals surface area contributed by atoms with Crippen LogP contribution in [0.2, 0.25) is 5.02 Å². The van der Waals surface area contributed by atoms with Gasteiger partial charge in [0.1, 0.15) is 0 Å². The van der Waals surface area contributed by atoms with Crippen LogP contribution in [-0.4, -0.2) is 34.1 Å². The first-order valence-corrected chi connectivity index (χ1v) is 9.31. The molecule has 0 fully saturated rings. The third kappa shape index (κ3) is 4.90. The smallest absolute Gasteiger partial charge is 0.291 e. The van der Waals surface area contributed by atoms with Crippen LogP contribution in [0.15, 0.2) is 58.2 Å². The molecule has 0 bridgehead atoms. The van der Waals surface area contributed by atoms with Gasteiger partial charge in [-0.25, -0.2) is 5.43 Å². The van der Waals surface area contributed by atoms with Crippen LogP contribution in [0.3, 0.4) is 0 Å². The van der Waals surface area contributed by atoms with Gasteiger partial charge in [0.15, 0.2) is 17.2 Å². The molecule has 0 aliphatic carbocycles. The molecule has 1 aromatic heterocycles. The summed E-state index contributed by atoms with van der Waals surface area (Å²) in [5.41, 5.74) is 4.32. The summed E-state index contributed by atoms with van der Waals surface area (Å²) >= 11 is 9.11. The zero-order valence-electron chi connectivity index (χ0n) is 14.8. The van der Waals surface area contributed by atoms with E-state index >= 15 is 0 Å². The SMILES string of the molecule is COc1cc(/C=N/NC(=O)c2ccn(Cc3ccc(Cl)cc3)n2)cc(Br)c1O. The third-order valence-corrected chi connectivity index (χ3v) is 4.64. The number of nitrogens with one attached hydrogen (secondary N) is 1. The van der Waals surface area contributed by atoms with E-state index in [1.165, 1.54) is 13.3 Å². The largest absolute Gasteiger partial charge is 0.503 e. The summed E-state index contributed by atoms with van der Waals surface area (Å²) in [4.78, 5) is 12.2. The van der Waals surface area contributed by atoms with Crippen LogP contribution in [0.25, 0.3) is 0 Å². The number of carbonyl (C=O) groups is 1. The number of rotatable bonds is 6. The molecule has 2 N–H and O–H groups in total. The zero-order chi connectivity index (χ0) is 20.1. The second-order valence-electron chi connectivity index (χ2n) is 5.78. The van der Waals surface area contributed by atoms with Gasteiger partial charge < -0.3 is 9.84 Å². The molecular formula is C19H16BrClN4O3. The number of aromatic nitrogens is 2. The lowest BCUT2D eigenvalue weighted by Crippen LogP contribution is -2.18. The molecule has 28 heavy (non-hydrogen) atoms. The summed E-state index contributed by atoms with van der Waals surface area (Å²) in [6.07, 6.45) is 3.16. The Hall–Kier alpha value is -2.84. The highest BCUT2D eigenvalue weighted by Crippen LogP contribution is 2.34. The normalized spacial score (nSPS) is 11.0. The van der Waals surface area contributed by atoms with Gasteiger partial charge in [-0.2, -0.15) is 10.2 Å². The maximum absolute atomic E-state index is 12.2. The Balaban J connectivity index is 1.62. The lowest BCUT2D eigenvalue weighted by Gasteiger charge is -2.06. The predicted molar refractivity (Wildman–Crippen MR) is 110 cm³/mol. The molecule has 0 aliphatic rings. The van der Waals surface area contributed by atoms with E-state index in [-0.39, 0.29) is 11.4 Å². The Morgan fingerprint density at radius 1 is 1.36 bits per heavy atom. The molecule has 0 saturated carbocycles. The molecule has 9 heteroatoms. The van der Waals surface area contributed by atoms with Crippen LogP contribution < -0.4 is 10.2 Å². The van der Waals surface area contributed by atoms with Crippen molar-refractivity contribution in [1.29, 1.82) is 0 Å².